The van der Waals surface area contributed by atoms with Gasteiger partial charge < -0.3 is 10.2 Å². The molecule has 280 valence electrons. The van der Waals surface area contributed by atoms with Crippen LogP contribution in [0.1, 0.15) is 125 Å². The summed E-state index contributed by atoms with van der Waals surface area (Å²) in [4.78, 5) is 22.4. The first-order chi connectivity index (χ1) is 24.6. The number of aromatic hydroxyl groups is 2. The third-order valence-corrected chi connectivity index (χ3v) is 10.4. The number of aryl methyl sites for hydroxylation is 4. The molecule has 4 aromatic carbocycles. The van der Waals surface area contributed by atoms with Crippen LogP contribution in [0.2, 0.25) is 0 Å². The van der Waals surface area contributed by atoms with Gasteiger partial charge in [-0.1, -0.05) is 136 Å². The molecule has 0 spiro atoms. The molecule has 0 amide bonds. The van der Waals surface area contributed by atoms with Gasteiger partial charge in [-0.05, 0) is 111 Å². The van der Waals surface area contributed by atoms with Crippen molar-refractivity contribution in [1.29, 1.82) is 0 Å². The number of hydrogen-bond donors (Lipinski definition) is 2. The SMILES string of the molecule is Cc1cc(C)cc(-c2ccc(C(C)(C)CCCCCCO[N+](=O)OCCCCCCC(C)(C)c3ccc(-c4cc(C)cc(C)c4)c(O)c3)cc2O)c1. The molecule has 0 unspecified atom stereocenters. The quantitative estimate of drug-likeness (QED) is 0.0706. The molecule has 6 heteroatoms. The number of benzene rings is 4. The van der Waals surface area contributed by atoms with Gasteiger partial charge in [0.15, 0.2) is 13.2 Å². The molecule has 0 aromatic heterocycles. The maximum absolute atomic E-state index is 12.0. The first-order valence-electron chi connectivity index (χ1n) is 19.2. The Bertz CT molecular complexity index is 1620. The van der Waals surface area contributed by atoms with Crippen molar-refractivity contribution >= 4 is 0 Å². The van der Waals surface area contributed by atoms with Gasteiger partial charge in [-0.2, -0.15) is 9.68 Å². The zero-order chi connectivity index (χ0) is 37.9. The molecule has 0 fully saturated rings. The van der Waals surface area contributed by atoms with Crippen LogP contribution in [-0.2, 0) is 20.5 Å². The predicted octanol–water partition coefficient (Wildman–Crippen LogP) is 12.5. The van der Waals surface area contributed by atoms with Gasteiger partial charge in [0, 0.05) is 11.1 Å². The van der Waals surface area contributed by atoms with Crippen molar-refractivity contribution in [2.75, 3.05) is 13.2 Å². The van der Waals surface area contributed by atoms with E-state index < -0.39 is 0 Å². The van der Waals surface area contributed by atoms with Gasteiger partial charge >= 0.3 is 5.09 Å². The summed E-state index contributed by atoms with van der Waals surface area (Å²) < 4.78 is 0. The van der Waals surface area contributed by atoms with Crippen molar-refractivity contribution in [3.05, 3.63) is 111 Å². The third-order valence-electron chi connectivity index (χ3n) is 10.4. The van der Waals surface area contributed by atoms with E-state index in [0.29, 0.717) is 24.7 Å². The molecule has 52 heavy (non-hydrogen) atoms. The Morgan fingerprint density at radius 3 is 1.19 bits per heavy atom. The van der Waals surface area contributed by atoms with Crippen LogP contribution in [0, 0.1) is 32.6 Å². The maximum atomic E-state index is 12.0. The number of phenolic OH excluding ortho intramolecular Hbond substituents is 2. The van der Waals surface area contributed by atoms with Gasteiger partial charge in [0.25, 0.3) is 0 Å². The molecule has 2 N–H and O–H groups in total. The second-order valence-electron chi connectivity index (χ2n) is 16.2. The topological polar surface area (TPSA) is 79.0 Å². The summed E-state index contributed by atoms with van der Waals surface area (Å²) in [5.74, 6) is 0.649. The summed E-state index contributed by atoms with van der Waals surface area (Å²) in [7, 11) is 0. The van der Waals surface area contributed by atoms with Gasteiger partial charge in [-0.3, -0.25) is 0 Å². The van der Waals surface area contributed by atoms with Crippen LogP contribution in [0.25, 0.3) is 22.3 Å². The van der Waals surface area contributed by atoms with E-state index in [2.05, 4.69) is 104 Å². The van der Waals surface area contributed by atoms with Crippen LogP contribution in [-0.4, -0.2) is 28.5 Å². The van der Waals surface area contributed by atoms with Gasteiger partial charge in [0.05, 0.1) is 0 Å². The lowest BCUT2D eigenvalue weighted by Crippen LogP contribution is -2.17. The molecular weight excluding hydrogens is 647 g/mol. The fourth-order valence-electron chi connectivity index (χ4n) is 7.30. The van der Waals surface area contributed by atoms with Crippen molar-refractivity contribution in [3.63, 3.8) is 0 Å². The molecule has 4 aromatic rings. The molecular formula is C46H62NO5+. The first kappa shape index (κ1) is 40.5. The van der Waals surface area contributed by atoms with Gasteiger partial charge in [0.1, 0.15) is 16.4 Å². The molecule has 6 nitrogen and oxygen atoms in total. The van der Waals surface area contributed by atoms with Crippen LogP contribution in [0.4, 0.5) is 0 Å². The summed E-state index contributed by atoms with van der Waals surface area (Å²) in [5, 5.41) is 22.0. The molecule has 0 radical (unpaired) electrons. The fourth-order valence-corrected chi connectivity index (χ4v) is 7.30. The lowest BCUT2D eigenvalue weighted by molar-refractivity contribution is -0.981. The van der Waals surface area contributed by atoms with Crippen LogP contribution < -0.4 is 0 Å². The second-order valence-corrected chi connectivity index (χ2v) is 16.2. The highest BCUT2D eigenvalue weighted by atomic mass is 17.0. The summed E-state index contributed by atoms with van der Waals surface area (Å²) in [6.07, 6.45) is 9.80. The maximum Gasteiger partial charge on any atom is 0.477 e. The van der Waals surface area contributed by atoms with Crippen molar-refractivity contribution in [2.45, 2.75) is 130 Å². The molecule has 0 aliphatic carbocycles. The molecule has 0 bridgehead atoms. The molecule has 0 aliphatic heterocycles. The van der Waals surface area contributed by atoms with E-state index in [4.69, 9.17) is 9.68 Å². The number of unbranched alkanes of at least 4 members (excludes halogenated alkanes) is 6. The van der Waals surface area contributed by atoms with E-state index in [0.717, 1.165) is 97.6 Å². The Balaban J connectivity index is 1.05. The summed E-state index contributed by atoms with van der Waals surface area (Å²) in [6, 6.07) is 25.0. The largest absolute Gasteiger partial charge is 0.507 e. The van der Waals surface area contributed by atoms with Gasteiger partial charge in [0.2, 0.25) is 0 Å². The lowest BCUT2D eigenvalue weighted by Gasteiger charge is -2.26. The Morgan fingerprint density at radius 2 is 0.846 bits per heavy atom. The predicted molar refractivity (Wildman–Crippen MR) is 214 cm³/mol. The molecule has 0 saturated heterocycles. The zero-order valence-electron chi connectivity index (χ0n) is 33.0. The van der Waals surface area contributed by atoms with Crippen molar-refractivity contribution in [2.24, 2.45) is 0 Å². The third kappa shape index (κ3) is 11.9. The van der Waals surface area contributed by atoms with Crippen molar-refractivity contribution in [3.8, 4) is 33.8 Å². The Hall–Kier alpha value is -4.32. The Kier molecular flexibility index (Phi) is 14.3. The van der Waals surface area contributed by atoms with E-state index in [1.807, 2.05) is 24.3 Å². The highest BCUT2D eigenvalue weighted by Gasteiger charge is 2.23. The number of phenols is 2. The smallest absolute Gasteiger partial charge is 0.477 e. The lowest BCUT2D eigenvalue weighted by atomic mass is 9.79. The van der Waals surface area contributed by atoms with E-state index in [1.54, 1.807) is 0 Å². The van der Waals surface area contributed by atoms with E-state index >= 15 is 0 Å². The van der Waals surface area contributed by atoms with E-state index in [9.17, 15) is 15.1 Å². The van der Waals surface area contributed by atoms with E-state index in [-0.39, 0.29) is 15.9 Å². The normalized spacial score (nSPS) is 11.8. The van der Waals surface area contributed by atoms with Crippen molar-refractivity contribution in [1.82, 2.24) is 0 Å². The standard InChI is InChI=1S/C46H61NO5/c1-33-25-34(2)28-37(27-33)41-19-17-39(31-43(41)48)45(5,6)21-13-9-11-15-23-51-47(50)52-24-16-12-10-14-22-46(7,8)40-18-20-42(44(49)32-40)38-29-35(3)26-36(4)30-38/h17-20,25-32H,9-16,21-24H2,1-8H3,(H-,48,49)/p+1. The second kappa shape index (κ2) is 18.4. The fraction of sp³-hybridized carbons (Fsp3) is 0.478. The van der Waals surface area contributed by atoms with Crippen molar-refractivity contribution < 1.29 is 25.0 Å². The highest BCUT2D eigenvalue weighted by Crippen LogP contribution is 2.38. The number of nitrogens with zero attached hydrogens (tertiary/aromatic N) is 1. The van der Waals surface area contributed by atoms with Crippen LogP contribution in [0.15, 0.2) is 72.8 Å². The highest BCUT2D eigenvalue weighted by molar-refractivity contribution is 5.73. The average molecular weight is 709 g/mol. The minimum absolute atomic E-state index is 0.0529. The Morgan fingerprint density at radius 1 is 0.500 bits per heavy atom. The number of rotatable bonds is 20. The zero-order valence-corrected chi connectivity index (χ0v) is 33.0. The van der Waals surface area contributed by atoms with E-state index in [1.165, 1.54) is 22.3 Å². The average Bonchev–Trinajstić information content (AvgIpc) is 3.06. The summed E-state index contributed by atoms with van der Waals surface area (Å²) in [5.41, 5.74) is 10.8. The molecule has 0 heterocycles. The first-order valence-corrected chi connectivity index (χ1v) is 19.2. The summed E-state index contributed by atoms with van der Waals surface area (Å²) in [6.45, 7) is 17.9. The minimum Gasteiger partial charge on any atom is -0.507 e. The monoisotopic (exact) mass is 708 g/mol. The number of hydrogen-bond acceptors (Lipinski definition) is 5. The molecule has 0 atom stereocenters. The molecule has 0 saturated carbocycles. The van der Waals surface area contributed by atoms with Gasteiger partial charge in [-0.25, -0.2) is 0 Å². The summed E-state index contributed by atoms with van der Waals surface area (Å²) >= 11 is 0. The molecule has 0 aliphatic rings. The van der Waals surface area contributed by atoms with Gasteiger partial charge in [-0.15, -0.1) is 0 Å². The minimum atomic E-state index is -0.0529. The van der Waals surface area contributed by atoms with Crippen LogP contribution >= 0.6 is 0 Å². The Labute approximate surface area is 312 Å². The van der Waals surface area contributed by atoms with Crippen LogP contribution in [0.5, 0.6) is 11.5 Å². The molecule has 4 rings (SSSR count). The van der Waals surface area contributed by atoms with Crippen LogP contribution in [0.3, 0.4) is 0 Å².